The van der Waals surface area contributed by atoms with E-state index >= 15 is 0 Å². The SMILES string of the molecule is CCOC(=O)c1ccccc1N(CC(=O)N1CCOCC1)C(C)=O. The number of nitrogens with zero attached hydrogens (tertiary/aromatic N) is 2. The van der Waals surface area contributed by atoms with E-state index < -0.39 is 5.97 Å². The number of morpholine rings is 1. The molecule has 0 unspecified atom stereocenters. The number of carbonyl (C=O) groups excluding carboxylic acids is 3. The average molecular weight is 334 g/mol. The third-order valence-corrected chi connectivity index (χ3v) is 3.73. The molecule has 2 amide bonds. The van der Waals surface area contributed by atoms with Gasteiger partial charge in [0.15, 0.2) is 0 Å². The van der Waals surface area contributed by atoms with Gasteiger partial charge in [0.25, 0.3) is 0 Å². The van der Waals surface area contributed by atoms with Gasteiger partial charge in [-0.2, -0.15) is 0 Å². The average Bonchev–Trinajstić information content (AvgIpc) is 2.60. The van der Waals surface area contributed by atoms with Gasteiger partial charge < -0.3 is 19.3 Å². The van der Waals surface area contributed by atoms with Crippen molar-refractivity contribution in [1.82, 2.24) is 4.90 Å². The summed E-state index contributed by atoms with van der Waals surface area (Å²) < 4.78 is 10.3. The summed E-state index contributed by atoms with van der Waals surface area (Å²) >= 11 is 0. The van der Waals surface area contributed by atoms with Crippen LogP contribution in [-0.4, -0.2) is 62.1 Å². The highest BCUT2D eigenvalue weighted by Crippen LogP contribution is 2.22. The van der Waals surface area contributed by atoms with E-state index in [1.807, 2.05) is 0 Å². The summed E-state index contributed by atoms with van der Waals surface area (Å²) in [5.74, 6) is -1.00. The van der Waals surface area contributed by atoms with Crippen LogP contribution in [0.25, 0.3) is 0 Å². The van der Waals surface area contributed by atoms with E-state index in [9.17, 15) is 14.4 Å². The molecule has 1 aromatic rings. The summed E-state index contributed by atoms with van der Waals surface area (Å²) in [7, 11) is 0. The van der Waals surface area contributed by atoms with Crippen molar-refractivity contribution in [3.8, 4) is 0 Å². The number of rotatable bonds is 5. The minimum absolute atomic E-state index is 0.119. The van der Waals surface area contributed by atoms with Gasteiger partial charge in [-0.1, -0.05) is 12.1 Å². The Balaban J connectivity index is 2.23. The molecule has 0 spiro atoms. The first-order valence-corrected chi connectivity index (χ1v) is 7.94. The van der Waals surface area contributed by atoms with E-state index in [0.29, 0.717) is 32.0 Å². The van der Waals surface area contributed by atoms with Crippen molar-refractivity contribution >= 4 is 23.5 Å². The van der Waals surface area contributed by atoms with E-state index in [1.54, 1.807) is 36.1 Å². The Hall–Kier alpha value is -2.41. The first kappa shape index (κ1) is 17.9. The van der Waals surface area contributed by atoms with Crippen LogP contribution in [0.1, 0.15) is 24.2 Å². The predicted molar refractivity (Wildman–Crippen MR) is 87.8 cm³/mol. The van der Waals surface area contributed by atoms with Gasteiger partial charge in [0.05, 0.1) is 31.1 Å². The molecular formula is C17H22N2O5. The van der Waals surface area contributed by atoms with Crippen molar-refractivity contribution in [2.75, 3.05) is 44.4 Å². The number of esters is 1. The fourth-order valence-electron chi connectivity index (χ4n) is 2.50. The largest absolute Gasteiger partial charge is 0.462 e. The van der Waals surface area contributed by atoms with Gasteiger partial charge in [-0.25, -0.2) is 4.79 Å². The number of benzene rings is 1. The highest BCUT2D eigenvalue weighted by atomic mass is 16.5. The fourth-order valence-corrected chi connectivity index (χ4v) is 2.50. The summed E-state index contributed by atoms with van der Waals surface area (Å²) in [6.07, 6.45) is 0. The topological polar surface area (TPSA) is 76.2 Å². The molecule has 0 saturated carbocycles. The lowest BCUT2D eigenvalue weighted by molar-refractivity contribution is -0.134. The third-order valence-electron chi connectivity index (χ3n) is 3.73. The van der Waals surface area contributed by atoms with Gasteiger partial charge in [0.2, 0.25) is 11.8 Å². The molecule has 1 heterocycles. The molecule has 1 fully saturated rings. The van der Waals surface area contributed by atoms with Gasteiger partial charge in [-0.3, -0.25) is 9.59 Å². The molecule has 0 aromatic heterocycles. The lowest BCUT2D eigenvalue weighted by atomic mass is 10.1. The van der Waals surface area contributed by atoms with Gasteiger partial charge >= 0.3 is 5.97 Å². The standard InChI is InChI=1S/C17H22N2O5/c1-3-24-17(22)14-6-4-5-7-15(14)19(13(2)20)12-16(21)18-8-10-23-11-9-18/h4-7H,3,8-12H2,1-2H3. The normalized spacial score (nSPS) is 14.2. The van der Waals surface area contributed by atoms with E-state index in [-0.39, 0.29) is 30.5 Å². The Labute approximate surface area is 141 Å². The molecule has 0 aliphatic carbocycles. The van der Waals surface area contributed by atoms with E-state index in [4.69, 9.17) is 9.47 Å². The number of anilines is 1. The molecule has 7 nitrogen and oxygen atoms in total. The molecule has 0 bridgehead atoms. The van der Waals surface area contributed by atoms with Crippen LogP contribution in [0.2, 0.25) is 0 Å². The van der Waals surface area contributed by atoms with Gasteiger partial charge in [-0.15, -0.1) is 0 Å². The molecule has 0 N–H and O–H groups in total. The van der Waals surface area contributed by atoms with Crippen LogP contribution in [-0.2, 0) is 19.1 Å². The van der Waals surface area contributed by atoms with E-state index in [1.165, 1.54) is 11.8 Å². The maximum Gasteiger partial charge on any atom is 0.340 e. The van der Waals surface area contributed by atoms with Crippen molar-refractivity contribution in [1.29, 1.82) is 0 Å². The zero-order chi connectivity index (χ0) is 17.5. The highest BCUT2D eigenvalue weighted by Gasteiger charge is 2.25. The van der Waals surface area contributed by atoms with Crippen LogP contribution in [0.3, 0.4) is 0 Å². The van der Waals surface area contributed by atoms with Crippen molar-refractivity contribution < 1.29 is 23.9 Å². The molecule has 1 aliphatic rings. The van der Waals surface area contributed by atoms with Gasteiger partial charge in [-0.05, 0) is 19.1 Å². The zero-order valence-electron chi connectivity index (χ0n) is 14.0. The predicted octanol–water partition coefficient (Wildman–Crippen LogP) is 1.08. The quantitative estimate of drug-likeness (QED) is 0.753. The molecule has 1 aliphatic heterocycles. The molecule has 1 aromatic carbocycles. The number of hydrogen-bond acceptors (Lipinski definition) is 5. The van der Waals surface area contributed by atoms with Crippen molar-refractivity contribution in [2.45, 2.75) is 13.8 Å². The fraction of sp³-hybridized carbons (Fsp3) is 0.471. The lowest BCUT2D eigenvalue weighted by Crippen LogP contribution is -2.47. The molecule has 2 rings (SSSR count). The number of amides is 2. The van der Waals surface area contributed by atoms with Crippen molar-refractivity contribution in [2.24, 2.45) is 0 Å². The third kappa shape index (κ3) is 4.32. The Morgan fingerprint density at radius 3 is 2.50 bits per heavy atom. The summed E-state index contributed by atoms with van der Waals surface area (Å²) in [5, 5.41) is 0. The number of carbonyl (C=O) groups is 3. The van der Waals surface area contributed by atoms with E-state index in [0.717, 1.165) is 0 Å². The second-order valence-corrected chi connectivity index (χ2v) is 5.34. The maximum atomic E-state index is 12.5. The second kappa shape index (κ2) is 8.44. The molecule has 0 radical (unpaired) electrons. The molecule has 0 atom stereocenters. The first-order chi connectivity index (χ1) is 11.5. The highest BCUT2D eigenvalue weighted by molar-refractivity contribution is 6.04. The molecule has 24 heavy (non-hydrogen) atoms. The van der Waals surface area contributed by atoms with Crippen LogP contribution in [0.15, 0.2) is 24.3 Å². The Morgan fingerprint density at radius 2 is 1.88 bits per heavy atom. The maximum absolute atomic E-state index is 12.5. The summed E-state index contributed by atoms with van der Waals surface area (Å²) in [5.41, 5.74) is 0.648. The van der Waals surface area contributed by atoms with Crippen LogP contribution >= 0.6 is 0 Å². The van der Waals surface area contributed by atoms with Crippen LogP contribution < -0.4 is 4.90 Å². The number of ether oxygens (including phenoxy) is 2. The second-order valence-electron chi connectivity index (χ2n) is 5.34. The molecular weight excluding hydrogens is 312 g/mol. The van der Waals surface area contributed by atoms with Gasteiger partial charge in [0.1, 0.15) is 6.54 Å². The Kier molecular flexibility index (Phi) is 6.31. The number of para-hydroxylation sites is 1. The van der Waals surface area contributed by atoms with Crippen molar-refractivity contribution in [3.05, 3.63) is 29.8 Å². The van der Waals surface area contributed by atoms with Crippen LogP contribution in [0.5, 0.6) is 0 Å². The Morgan fingerprint density at radius 1 is 1.21 bits per heavy atom. The van der Waals surface area contributed by atoms with E-state index in [2.05, 4.69) is 0 Å². The van der Waals surface area contributed by atoms with Gasteiger partial charge in [0, 0.05) is 20.0 Å². The minimum Gasteiger partial charge on any atom is -0.462 e. The summed E-state index contributed by atoms with van der Waals surface area (Å²) in [6.45, 7) is 5.19. The monoisotopic (exact) mass is 334 g/mol. The molecule has 7 heteroatoms. The first-order valence-electron chi connectivity index (χ1n) is 7.94. The zero-order valence-corrected chi connectivity index (χ0v) is 14.0. The van der Waals surface area contributed by atoms with Crippen LogP contribution in [0, 0.1) is 0 Å². The van der Waals surface area contributed by atoms with Crippen LogP contribution in [0.4, 0.5) is 5.69 Å². The molecule has 1 saturated heterocycles. The molecule has 130 valence electrons. The van der Waals surface area contributed by atoms with Crippen molar-refractivity contribution in [3.63, 3.8) is 0 Å². The minimum atomic E-state index is -0.516. The lowest BCUT2D eigenvalue weighted by Gasteiger charge is -2.30. The Bertz CT molecular complexity index is 611. The summed E-state index contributed by atoms with van der Waals surface area (Å²) in [6, 6.07) is 6.63. The number of hydrogen-bond donors (Lipinski definition) is 0. The summed E-state index contributed by atoms with van der Waals surface area (Å²) in [4.78, 5) is 39.6. The smallest absolute Gasteiger partial charge is 0.340 e.